The molecule has 4 heteroatoms. The van der Waals surface area contributed by atoms with Crippen molar-refractivity contribution in [3.63, 3.8) is 0 Å². The molecule has 100 valence electrons. The van der Waals surface area contributed by atoms with Gasteiger partial charge in [-0.15, -0.1) is 0 Å². The highest BCUT2D eigenvalue weighted by Gasteiger charge is 2.35. The zero-order valence-corrected chi connectivity index (χ0v) is 11.2. The van der Waals surface area contributed by atoms with E-state index >= 15 is 0 Å². The van der Waals surface area contributed by atoms with Crippen LogP contribution in [0, 0.1) is 5.82 Å². The fourth-order valence-electron chi connectivity index (χ4n) is 2.69. The van der Waals surface area contributed by atoms with Gasteiger partial charge in [-0.05, 0) is 45.1 Å². The van der Waals surface area contributed by atoms with Gasteiger partial charge in [0.2, 0.25) is 0 Å². The Morgan fingerprint density at radius 3 is 2.50 bits per heavy atom. The van der Waals surface area contributed by atoms with Crippen LogP contribution in [0.15, 0.2) is 24.3 Å². The normalized spacial score (nSPS) is 19.3. The van der Waals surface area contributed by atoms with Crippen molar-refractivity contribution in [2.45, 2.75) is 18.4 Å². The first-order valence-electron chi connectivity index (χ1n) is 6.45. The Morgan fingerprint density at radius 2 is 2.00 bits per heavy atom. The van der Waals surface area contributed by atoms with Gasteiger partial charge in [0.15, 0.2) is 0 Å². The minimum Gasteiger partial charge on any atom is -0.371 e. The lowest BCUT2D eigenvalue weighted by atomic mass is 9.86. The van der Waals surface area contributed by atoms with E-state index in [-0.39, 0.29) is 11.4 Å². The molecule has 0 saturated carbocycles. The molecule has 1 aliphatic heterocycles. The van der Waals surface area contributed by atoms with E-state index in [0.717, 1.165) is 31.6 Å². The molecular weight excluding hydrogens is 229 g/mol. The van der Waals surface area contributed by atoms with Crippen LogP contribution in [0.25, 0.3) is 0 Å². The molecule has 0 atom stereocenters. The summed E-state index contributed by atoms with van der Waals surface area (Å²) in [5.41, 5.74) is 7.00. The van der Waals surface area contributed by atoms with Crippen molar-refractivity contribution in [2.24, 2.45) is 5.73 Å². The summed E-state index contributed by atoms with van der Waals surface area (Å²) in [6, 6.07) is 6.82. The Balaban J connectivity index is 2.06. The number of benzene rings is 1. The molecule has 1 saturated heterocycles. The van der Waals surface area contributed by atoms with Gasteiger partial charge in [0.1, 0.15) is 5.82 Å². The van der Waals surface area contributed by atoms with E-state index in [2.05, 4.69) is 23.9 Å². The van der Waals surface area contributed by atoms with Gasteiger partial charge < -0.3 is 15.5 Å². The zero-order chi connectivity index (χ0) is 13.2. The molecular formula is C14H22FN3. The molecule has 1 fully saturated rings. The summed E-state index contributed by atoms with van der Waals surface area (Å²) in [6.45, 7) is 2.54. The quantitative estimate of drug-likeness (QED) is 0.887. The van der Waals surface area contributed by atoms with Gasteiger partial charge in [-0.2, -0.15) is 0 Å². The first-order valence-corrected chi connectivity index (χ1v) is 6.45. The third kappa shape index (κ3) is 2.49. The molecule has 0 bridgehead atoms. The number of halogens is 1. The fraction of sp³-hybridized carbons (Fsp3) is 0.571. The van der Waals surface area contributed by atoms with Crippen molar-refractivity contribution in [3.8, 4) is 0 Å². The molecule has 2 rings (SSSR count). The zero-order valence-electron chi connectivity index (χ0n) is 11.2. The van der Waals surface area contributed by atoms with E-state index in [1.165, 1.54) is 6.07 Å². The Morgan fingerprint density at radius 1 is 1.33 bits per heavy atom. The molecule has 0 unspecified atom stereocenters. The maximum absolute atomic E-state index is 13.2. The lowest BCUT2D eigenvalue weighted by Gasteiger charge is -2.46. The Labute approximate surface area is 108 Å². The van der Waals surface area contributed by atoms with Gasteiger partial charge >= 0.3 is 0 Å². The summed E-state index contributed by atoms with van der Waals surface area (Å²) >= 11 is 0. The molecule has 1 heterocycles. The standard InChI is InChI=1S/C14H22FN3/c1-17(2)14(11-16)6-8-18(9-7-14)13-5-3-4-12(15)10-13/h3-5,10H,6-9,11,16H2,1-2H3. The molecule has 2 N–H and O–H groups in total. The lowest BCUT2D eigenvalue weighted by molar-refractivity contribution is 0.125. The van der Waals surface area contributed by atoms with E-state index in [0.29, 0.717) is 6.54 Å². The lowest BCUT2D eigenvalue weighted by Crippen LogP contribution is -2.57. The van der Waals surface area contributed by atoms with Crippen LogP contribution in [0.5, 0.6) is 0 Å². The van der Waals surface area contributed by atoms with Crippen LogP contribution >= 0.6 is 0 Å². The first-order chi connectivity index (χ1) is 8.57. The third-order valence-electron chi connectivity index (χ3n) is 4.20. The summed E-state index contributed by atoms with van der Waals surface area (Å²) < 4.78 is 13.2. The minimum atomic E-state index is -0.171. The molecule has 18 heavy (non-hydrogen) atoms. The van der Waals surface area contributed by atoms with Crippen LogP contribution in [0.2, 0.25) is 0 Å². The molecule has 1 aromatic rings. The van der Waals surface area contributed by atoms with E-state index in [4.69, 9.17) is 5.73 Å². The van der Waals surface area contributed by atoms with Gasteiger partial charge in [-0.1, -0.05) is 6.07 Å². The van der Waals surface area contributed by atoms with Crippen molar-refractivity contribution in [2.75, 3.05) is 38.6 Å². The molecule has 1 aromatic carbocycles. The van der Waals surface area contributed by atoms with Crippen molar-refractivity contribution in [1.82, 2.24) is 4.90 Å². The number of hydrogen-bond donors (Lipinski definition) is 1. The molecule has 1 aliphatic rings. The van der Waals surface area contributed by atoms with E-state index in [9.17, 15) is 4.39 Å². The average Bonchev–Trinajstić information content (AvgIpc) is 2.38. The van der Waals surface area contributed by atoms with Crippen LogP contribution < -0.4 is 10.6 Å². The number of anilines is 1. The number of likely N-dealkylation sites (N-methyl/N-ethyl adjacent to an activating group) is 1. The highest BCUT2D eigenvalue weighted by atomic mass is 19.1. The molecule has 3 nitrogen and oxygen atoms in total. The Hall–Kier alpha value is -1.13. The average molecular weight is 251 g/mol. The largest absolute Gasteiger partial charge is 0.371 e. The highest BCUT2D eigenvalue weighted by Crippen LogP contribution is 2.29. The smallest absolute Gasteiger partial charge is 0.125 e. The maximum Gasteiger partial charge on any atom is 0.125 e. The Bertz CT molecular complexity index is 398. The van der Waals surface area contributed by atoms with Crippen molar-refractivity contribution in [3.05, 3.63) is 30.1 Å². The van der Waals surface area contributed by atoms with Gasteiger partial charge in [0, 0.05) is 30.9 Å². The predicted molar refractivity (Wildman–Crippen MR) is 73.3 cm³/mol. The molecule has 0 spiro atoms. The van der Waals surface area contributed by atoms with E-state index < -0.39 is 0 Å². The van der Waals surface area contributed by atoms with Crippen LogP contribution in [-0.4, -0.2) is 44.2 Å². The second-order valence-electron chi connectivity index (χ2n) is 5.29. The van der Waals surface area contributed by atoms with Gasteiger partial charge in [-0.3, -0.25) is 0 Å². The first kappa shape index (κ1) is 13.3. The van der Waals surface area contributed by atoms with Crippen LogP contribution in [0.1, 0.15) is 12.8 Å². The molecule has 0 amide bonds. The SMILES string of the molecule is CN(C)C1(CN)CCN(c2cccc(F)c2)CC1. The molecule has 0 radical (unpaired) electrons. The van der Waals surface area contributed by atoms with E-state index in [1.807, 2.05) is 6.07 Å². The van der Waals surface area contributed by atoms with Crippen LogP contribution in [0.3, 0.4) is 0 Å². The highest BCUT2D eigenvalue weighted by molar-refractivity contribution is 5.47. The molecule has 0 aliphatic carbocycles. The topological polar surface area (TPSA) is 32.5 Å². The summed E-state index contributed by atoms with van der Waals surface area (Å²) in [7, 11) is 4.18. The van der Waals surface area contributed by atoms with Crippen molar-refractivity contribution in [1.29, 1.82) is 0 Å². The summed E-state index contributed by atoms with van der Waals surface area (Å²) in [4.78, 5) is 4.47. The van der Waals surface area contributed by atoms with E-state index in [1.54, 1.807) is 12.1 Å². The molecule has 0 aromatic heterocycles. The van der Waals surface area contributed by atoms with Gasteiger partial charge in [-0.25, -0.2) is 4.39 Å². The van der Waals surface area contributed by atoms with Gasteiger partial charge in [0.05, 0.1) is 0 Å². The van der Waals surface area contributed by atoms with Crippen LogP contribution in [0.4, 0.5) is 10.1 Å². The van der Waals surface area contributed by atoms with Crippen molar-refractivity contribution >= 4 is 5.69 Å². The minimum absolute atomic E-state index is 0.101. The number of piperidine rings is 1. The monoisotopic (exact) mass is 251 g/mol. The summed E-state index contributed by atoms with van der Waals surface area (Å²) in [5.74, 6) is -0.171. The van der Waals surface area contributed by atoms with Crippen LogP contribution in [-0.2, 0) is 0 Å². The second-order valence-corrected chi connectivity index (χ2v) is 5.29. The van der Waals surface area contributed by atoms with Gasteiger partial charge in [0.25, 0.3) is 0 Å². The number of nitrogens with zero attached hydrogens (tertiary/aromatic N) is 2. The predicted octanol–water partition coefficient (Wildman–Crippen LogP) is 1.68. The van der Waals surface area contributed by atoms with Crippen molar-refractivity contribution < 1.29 is 4.39 Å². The number of nitrogens with two attached hydrogens (primary N) is 1. The summed E-state index contributed by atoms with van der Waals surface area (Å²) in [6.07, 6.45) is 2.04. The second kappa shape index (κ2) is 5.24. The third-order valence-corrected chi connectivity index (χ3v) is 4.20. The fourth-order valence-corrected chi connectivity index (χ4v) is 2.69. The maximum atomic E-state index is 13.2. The Kier molecular flexibility index (Phi) is 3.88. The number of hydrogen-bond acceptors (Lipinski definition) is 3. The summed E-state index contributed by atoms with van der Waals surface area (Å²) in [5, 5.41) is 0. The number of rotatable bonds is 3.